The molecule has 0 aromatic carbocycles. The molecule has 144 valence electrons. The second-order valence-electron chi connectivity index (χ2n) is 5.60. The summed E-state index contributed by atoms with van der Waals surface area (Å²) in [5.41, 5.74) is 0.377. The van der Waals surface area contributed by atoms with E-state index in [1.807, 2.05) is 41.5 Å². The van der Waals surface area contributed by atoms with Crippen LogP contribution in [0.5, 0.6) is 0 Å². The summed E-state index contributed by atoms with van der Waals surface area (Å²) in [5.74, 6) is 0. The molecule has 1 aliphatic rings. The van der Waals surface area contributed by atoms with Crippen molar-refractivity contribution in [2.75, 3.05) is 39.6 Å². The van der Waals surface area contributed by atoms with Crippen molar-refractivity contribution < 1.29 is 26.6 Å². The fraction of sp³-hybridized carbons (Fsp3) is 1.00. The van der Waals surface area contributed by atoms with E-state index in [-0.39, 0.29) is 11.1 Å². The molecule has 24 heavy (non-hydrogen) atoms. The molecule has 0 N–H and O–H groups in total. The normalized spacial score (nSPS) is 21.8. The average Bonchev–Trinajstić information content (AvgIpc) is 2.47. The fourth-order valence-corrected chi connectivity index (χ4v) is 11.2. The van der Waals surface area contributed by atoms with Gasteiger partial charge in [-0.15, -0.1) is 0 Å². The summed E-state index contributed by atoms with van der Waals surface area (Å²) in [6.45, 7) is 15.5. The van der Waals surface area contributed by atoms with Gasteiger partial charge in [0.05, 0.1) is 0 Å². The number of rotatable bonds is 14. The Hall–Kier alpha value is 0.194. The number of hydrogen-bond donors (Lipinski definition) is 0. The van der Waals surface area contributed by atoms with Crippen molar-refractivity contribution in [3.05, 3.63) is 0 Å². The standard InChI is InChI=1S/C16H36O6Si2/c1-7-17-23(18-8-2,19-9-3)15-13-14-16(15)24(20-10-4,21-11-5)22-12-6/h15-16H,7-14H2,1-6H3. The van der Waals surface area contributed by atoms with Crippen LogP contribution in [0.1, 0.15) is 54.4 Å². The van der Waals surface area contributed by atoms with Crippen LogP contribution in [0.15, 0.2) is 0 Å². The first kappa shape index (κ1) is 22.2. The molecule has 0 aliphatic heterocycles. The van der Waals surface area contributed by atoms with Crippen LogP contribution in [-0.2, 0) is 26.6 Å². The highest BCUT2D eigenvalue weighted by Crippen LogP contribution is 2.57. The molecule has 0 radical (unpaired) electrons. The van der Waals surface area contributed by atoms with Crippen LogP contribution in [0.25, 0.3) is 0 Å². The van der Waals surface area contributed by atoms with Crippen molar-refractivity contribution in [2.45, 2.75) is 65.5 Å². The maximum atomic E-state index is 6.12. The summed E-state index contributed by atoms with van der Waals surface area (Å²) in [6, 6.07) is 0. The number of hydrogen-bond acceptors (Lipinski definition) is 6. The van der Waals surface area contributed by atoms with Crippen LogP contribution in [-0.4, -0.2) is 57.3 Å². The van der Waals surface area contributed by atoms with E-state index in [2.05, 4.69) is 0 Å². The van der Waals surface area contributed by atoms with E-state index >= 15 is 0 Å². The first-order chi connectivity index (χ1) is 11.6. The van der Waals surface area contributed by atoms with Gasteiger partial charge in [0.25, 0.3) is 0 Å². The van der Waals surface area contributed by atoms with Crippen LogP contribution in [0.2, 0.25) is 11.1 Å². The Balaban J connectivity index is 3.11. The SMILES string of the molecule is CCO[Si](OCC)(OCC)C1CCC1[Si](OCC)(OCC)OCC. The molecule has 0 heterocycles. The summed E-state index contributed by atoms with van der Waals surface area (Å²) in [4.78, 5) is 0. The molecule has 1 aliphatic carbocycles. The molecule has 0 spiro atoms. The fourth-order valence-electron chi connectivity index (χ4n) is 3.45. The average molecular weight is 381 g/mol. The molecule has 0 bridgehead atoms. The quantitative estimate of drug-likeness (QED) is 0.429. The van der Waals surface area contributed by atoms with Gasteiger partial charge in [-0.05, 0) is 54.4 Å². The molecule has 0 saturated heterocycles. The van der Waals surface area contributed by atoms with E-state index in [4.69, 9.17) is 26.6 Å². The summed E-state index contributed by atoms with van der Waals surface area (Å²) >= 11 is 0. The van der Waals surface area contributed by atoms with Crippen LogP contribution in [0.4, 0.5) is 0 Å². The molecule has 2 unspecified atom stereocenters. The second-order valence-corrected chi connectivity index (χ2v) is 11.2. The van der Waals surface area contributed by atoms with Crippen molar-refractivity contribution >= 4 is 17.6 Å². The minimum Gasteiger partial charge on any atom is -0.374 e. The predicted octanol–water partition coefficient (Wildman–Crippen LogP) is 3.62. The molecule has 1 fully saturated rings. The Morgan fingerprint density at radius 3 is 0.833 bits per heavy atom. The van der Waals surface area contributed by atoms with Gasteiger partial charge < -0.3 is 26.6 Å². The lowest BCUT2D eigenvalue weighted by molar-refractivity contribution is 0.0222. The van der Waals surface area contributed by atoms with Gasteiger partial charge in [-0.25, -0.2) is 0 Å². The molecular weight excluding hydrogens is 344 g/mol. The first-order valence-corrected chi connectivity index (χ1v) is 13.0. The molecule has 0 amide bonds. The van der Waals surface area contributed by atoms with Crippen molar-refractivity contribution in [1.82, 2.24) is 0 Å². The Bertz CT molecular complexity index is 278. The Labute approximate surface area is 149 Å². The molecule has 0 aromatic rings. The highest BCUT2D eigenvalue weighted by molar-refractivity contribution is 6.69. The molecule has 1 saturated carbocycles. The van der Waals surface area contributed by atoms with E-state index in [9.17, 15) is 0 Å². The zero-order valence-corrected chi connectivity index (χ0v) is 18.3. The van der Waals surface area contributed by atoms with Crippen LogP contribution in [0.3, 0.4) is 0 Å². The summed E-state index contributed by atoms with van der Waals surface area (Å²) in [7, 11) is -5.55. The van der Waals surface area contributed by atoms with Gasteiger partial charge in [-0.1, -0.05) is 0 Å². The maximum Gasteiger partial charge on any atom is 0.504 e. The van der Waals surface area contributed by atoms with E-state index in [0.717, 1.165) is 12.8 Å². The monoisotopic (exact) mass is 380 g/mol. The minimum atomic E-state index is -2.78. The third-order valence-corrected chi connectivity index (χ3v) is 11.9. The van der Waals surface area contributed by atoms with E-state index in [1.165, 1.54) is 0 Å². The first-order valence-electron chi connectivity index (χ1n) is 9.43. The molecule has 2 atom stereocenters. The Morgan fingerprint density at radius 1 is 0.500 bits per heavy atom. The van der Waals surface area contributed by atoms with Crippen molar-refractivity contribution in [1.29, 1.82) is 0 Å². The van der Waals surface area contributed by atoms with E-state index in [1.54, 1.807) is 0 Å². The third kappa shape index (κ3) is 4.88. The van der Waals surface area contributed by atoms with Crippen molar-refractivity contribution in [3.8, 4) is 0 Å². The highest BCUT2D eigenvalue weighted by atomic mass is 28.4. The zero-order valence-electron chi connectivity index (χ0n) is 16.3. The highest BCUT2D eigenvalue weighted by Gasteiger charge is 2.66. The van der Waals surface area contributed by atoms with Gasteiger partial charge in [0.15, 0.2) is 0 Å². The van der Waals surface area contributed by atoms with Gasteiger partial charge in [-0.3, -0.25) is 0 Å². The molecule has 0 aromatic heterocycles. The van der Waals surface area contributed by atoms with E-state index < -0.39 is 17.6 Å². The van der Waals surface area contributed by atoms with Gasteiger partial charge in [-0.2, -0.15) is 0 Å². The summed E-state index contributed by atoms with van der Waals surface area (Å²) in [6.07, 6.45) is 2.03. The van der Waals surface area contributed by atoms with Crippen LogP contribution < -0.4 is 0 Å². The van der Waals surface area contributed by atoms with Gasteiger partial charge in [0.2, 0.25) is 0 Å². The van der Waals surface area contributed by atoms with Gasteiger partial charge in [0.1, 0.15) is 0 Å². The van der Waals surface area contributed by atoms with E-state index in [0.29, 0.717) is 39.6 Å². The lowest BCUT2D eigenvalue weighted by Gasteiger charge is -2.50. The Morgan fingerprint density at radius 2 is 0.708 bits per heavy atom. The minimum absolute atomic E-state index is 0.189. The summed E-state index contributed by atoms with van der Waals surface area (Å²) < 4.78 is 36.7. The zero-order chi connectivity index (χ0) is 18.1. The van der Waals surface area contributed by atoms with Gasteiger partial charge in [0, 0.05) is 50.7 Å². The second kappa shape index (κ2) is 11.0. The van der Waals surface area contributed by atoms with Crippen molar-refractivity contribution in [2.24, 2.45) is 0 Å². The van der Waals surface area contributed by atoms with Gasteiger partial charge >= 0.3 is 17.6 Å². The van der Waals surface area contributed by atoms with Crippen LogP contribution >= 0.6 is 0 Å². The maximum absolute atomic E-state index is 6.12. The lowest BCUT2D eigenvalue weighted by atomic mass is 9.98. The summed E-state index contributed by atoms with van der Waals surface area (Å²) in [5, 5.41) is 0. The smallest absolute Gasteiger partial charge is 0.374 e. The molecular formula is C16H36O6Si2. The van der Waals surface area contributed by atoms with Crippen molar-refractivity contribution in [3.63, 3.8) is 0 Å². The predicted molar refractivity (Wildman–Crippen MR) is 98.0 cm³/mol. The third-order valence-electron chi connectivity index (χ3n) is 4.26. The Kier molecular flexibility index (Phi) is 10.2. The lowest BCUT2D eigenvalue weighted by Crippen LogP contribution is -2.62. The molecule has 1 rings (SSSR count). The van der Waals surface area contributed by atoms with Crippen LogP contribution in [0, 0.1) is 0 Å². The topological polar surface area (TPSA) is 55.4 Å². The molecule has 8 heteroatoms. The largest absolute Gasteiger partial charge is 0.504 e. The molecule has 6 nitrogen and oxygen atoms in total.